The monoisotopic (exact) mass is 419 g/mol. The molecule has 0 fully saturated rings. The van der Waals surface area contributed by atoms with Crippen LogP contribution in [0, 0.1) is 0 Å². The van der Waals surface area contributed by atoms with E-state index < -0.39 is 5.91 Å². The van der Waals surface area contributed by atoms with Crippen molar-refractivity contribution in [1.82, 2.24) is 0 Å². The Bertz CT molecular complexity index is 1340. The Hall–Kier alpha value is -3.77. The second-order valence-electron chi connectivity index (χ2n) is 6.66. The van der Waals surface area contributed by atoms with E-state index in [4.69, 9.17) is 25.5 Å². The van der Waals surface area contributed by atoms with Gasteiger partial charge in [-0.25, -0.2) is 0 Å². The summed E-state index contributed by atoms with van der Waals surface area (Å²) < 4.78 is 16.7. The van der Waals surface area contributed by atoms with Crippen LogP contribution >= 0.6 is 11.6 Å². The van der Waals surface area contributed by atoms with Gasteiger partial charge >= 0.3 is 0 Å². The molecule has 0 bridgehead atoms. The summed E-state index contributed by atoms with van der Waals surface area (Å²) in [7, 11) is 0. The van der Waals surface area contributed by atoms with Crippen LogP contribution in [0.15, 0.2) is 75.9 Å². The molecule has 1 aliphatic rings. The van der Waals surface area contributed by atoms with E-state index in [9.17, 15) is 9.59 Å². The van der Waals surface area contributed by atoms with Gasteiger partial charge in [-0.3, -0.25) is 14.9 Å². The van der Waals surface area contributed by atoms with Crippen molar-refractivity contribution < 1.29 is 18.7 Å². The topological polar surface area (TPSA) is 77.8 Å². The van der Waals surface area contributed by atoms with E-state index >= 15 is 0 Å². The summed E-state index contributed by atoms with van der Waals surface area (Å²) in [5.74, 6) is 0.746. The zero-order valence-electron chi connectivity index (χ0n) is 15.5. The third-order valence-electron chi connectivity index (χ3n) is 4.79. The molecule has 0 saturated heterocycles. The molecule has 30 heavy (non-hydrogen) atoms. The van der Waals surface area contributed by atoms with Gasteiger partial charge in [-0.1, -0.05) is 29.8 Å². The first-order valence-electron chi connectivity index (χ1n) is 9.13. The predicted octanol–water partition coefficient (Wildman–Crippen LogP) is 5.09. The average Bonchev–Trinajstić information content (AvgIpc) is 3.22. The number of amides is 1. The fraction of sp³-hybridized carbons (Fsp3) is 0.0435. The van der Waals surface area contributed by atoms with Gasteiger partial charge in [-0.2, -0.15) is 0 Å². The number of rotatable bonds is 3. The highest BCUT2D eigenvalue weighted by molar-refractivity contribution is 6.30. The van der Waals surface area contributed by atoms with Crippen LogP contribution in [0.5, 0.6) is 11.5 Å². The number of benzene rings is 3. The molecule has 0 saturated carbocycles. The highest BCUT2D eigenvalue weighted by Crippen LogP contribution is 2.37. The van der Waals surface area contributed by atoms with Crippen LogP contribution in [0.1, 0.15) is 10.4 Å². The van der Waals surface area contributed by atoms with Crippen LogP contribution in [0.2, 0.25) is 5.02 Å². The molecule has 1 aliphatic heterocycles. The van der Waals surface area contributed by atoms with Crippen molar-refractivity contribution in [2.45, 2.75) is 0 Å². The van der Waals surface area contributed by atoms with Crippen LogP contribution in [0.25, 0.3) is 22.1 Å². The molecule has 0 spiro atoms. The SMILES string of the molecule is O=C(Nc1oc2ccccc2c(=O)c1-c1ccc2c(c1)OCO2)c1ccc(Cl)cc1. The Morgan fingerprint density at radius 1 is 0.933 bits per heavy atom. The van der Waals surface area contributed by atoms with Gasteiger partial charge in [-0.15, -0.1) is 0 Å². The molecule has 0 radical (unpaired) electrons. The Morgan fingerprint density at radius 2 is 1.70 bits per heavy atom. The third kappa shape index (κ3) is 3.17. The molecule has 7 heteroatoms. The number of fused-ring (bicyclic) bond motifs is 2. The van der Waals surface area contributed by atoms with E-state index in [1.54, 1.807) is 66.7 Å². The summed E-state index contributed by atoms with van der Waals surface area (Å²) in [6.07, 6.45) is 0. The summed E-state index contributed by atoms with van der Waals surface area (Å²) in [4.78, 5) is 26.1. The van der Waals surface area contributed by atoms with Crippen LogP contribution in [-0.2, 0) is 0 Å². The Morgan fingerprint density at radius 3 is 2.53 bits per heavy atom. The minimum Gasteiger partial charge on any atom is -0.454 e. The first-order chi connectivity index (χ1) is 14.6. The Labute approximate surface area is 175 Å². The van der Waals surface area contributed by atoms with Crippen molar-refractivity contribution in [3.63, 3.8) is 0 Å². The lowest BCUT2D eigenvalue weighted by atomic mass is 10.0. The molecule has 5 rings (SSSR count). The molecule has 1 N–H and O–H groups in total. The quantitative estimate of drug-likeness (QED) is 0.500. The molecule has 0 aliphatic carbocycles. The number of hydrogen-bond acceptors (Lipinski definition) is 5. The molecule has 3 aromatic carbocycles. The fourth-order valence-corrected chi connectivity index (χ4v) is 3.45. The number of anilines is 1. The highest BCUT2D eigenvalue weighted by atomic mass is 35.5. The van der Waals surface area contributed by atoms with Crippen LogP contribution in [-0.4, -0.2) is 12.7 Å². The molecule has 6 nitrogen and oxygen atoms in total. The van der Waals surface area contributed by atoms with E-state index in [1.165, 1.54) is 0 Å². The van der Waals surface area contributed by atoms with Crippen molar-refractivity contribution >= 4 is 34.4 Å². The second kappa shape index (κ2) is 7.24. The number of ether oxygens (including phenoxy) is 2. The van der Waals surface area contributed by atoms with Crippen LogP contribution in [0.3, 0.4) is 0 Å². The molecule has 2 heterocycles. The van der Waals surface area contributed by atoms with Gasteiger partial charge in [0.25, 0.3) is 5.91 Å². The summed E-state index contributed by atoms with van der Waals surface area (Å²) >= 11 is 5.90. The Kier molecular flexibility index (Phi) is 4.41. The molecule has 1 amide bonds. The lowest BCUT2D eigenvalue weighted by Gasteiger charge is -2.12. The van der Waals surface area contributed by atoms with E-state index in [-0.39, 0.29) is 23.7 Å². The number of para-hydroxylation sites is 1. The van der Waals surface area contributed by atoms with Crippen LogP contribution < -0.4 is 20.2 Å². The molecule has 148 valence electrons. The van der Waals surface area contributed by atoms with Crippen molar-refractivity contribution in [2.75, 3.05) is 12.1 Å². The first-order valence-corrected chi connectivity index (χ1v) is 9.51. The van der Waals surface area contributed by atoms with E-state index in [2.05, 4.69) is 5.32 Å². The highest BCUT2D eigenvalue weighted by Gasteiger charge is 2.22. The zero-order chi connectivity index (χ0) is 20.7. The predicted molar refractivity (Wildman–Crippen MR) is 113 cm³/mol. The molecular weight excluding hydrogens is 406 g/mol. The number of halogens is 1. The van der Waals surface area contributed by atoms with Crippen LogP contribution in [0.4, 0.5) is 5.88 Å². The first kappa shape index (κ1) is 18.3. The van der Waals surface area contributed by atoms with Crippen molar-refractivity contribution in [3.8, 4) is 22.6 Å². The second-order valence-corrected chi connectivity index (χ2v) is 7.10. The fourth-order valence-electron chi connectivity index (χ4n) is 3.32. The molecule has 0 unspecified atom stereocenters. The maximum atomic E-state index is 13.3. The van der Waals surface area contributed by atoms with Gasteiger partial charge in [0.05, 0.1) is 10.9 Å². The van der Waals surface area contributed by atoms with Gasteiger partial charge < -0.3 is 13.9 Å². The van der Waals surface area contributed by atoms with Crippen molar-refractivity contribution in [2.24, 2.45) is 0 Å². The minimum atomic E-state index is -0.424. The number of carbonyl (C=O) groups is 1. The molecule has 4 aromatic rings. The number of nitrogens with one attached hydrogen (secondary N) is 1. The summed E-state index contributed by atoms with van der Waals surface area (Å²) in [5.41, 5.74) is 1.27. The van der Waals surface area contributed by atoms with Crippen molar-refractivity contribution in [1.29, 1.82) is 0 Å². The maximum Gasteiger partial charge on any atom is 0.257 e. The van der Waals surface area contributed by atoms with Gasteiger partial charge in [0.1, 0.15) is 5.58 Å². The average molecular weight is 420 g/mol. The summed E-state index contributed by atoms with van der Waals surface area (Å²) in [6.45, 7) is 0.116. The van der Waals surface area contributed by atoms with E-state index in [0.29, 0.717) is 38.6 Å². The third-order valence-corrected chi connectivity index (χ3v) is 5.04. The lowest BCUT2D eigenvalue weighted by Crippen LogP contribution is -2.16. The van der Waals surface area contributed by atoms with Crippen molar-refractivity contribution in [3.05, 3.63) is 87.5 Å². The molecule has 1 aromatic heterocycles. The van der Waals surface area contributed by atoms with E-state index in [0.717, 1.165) is 0 Å². The minimum absolute atomic E-state index is 0.0533. The number of carbonyl (C=O) groups excluding carboxylic acids is 1. The Balaban J connectivity index is 1.66. The zero-order valence-corrected chi connectivity index (χ0v) is 16.2. The largest absolute Gasteiger partial charge is 0.454 e. The number of hydrogen-bond donors (Lipinski definition) is 1. The normalized spacial score (nSPS) is 12.2. The maximum absolute atomic E-state index is 13.3. The van der Waals surface area contributed by atoms with Gasteiger partial charge in [0.2, 0.25) is 18.1 Å². The summed E-state index contributed by atoms with van der Waals surface area (Å²) in [6, 6.07) is 18.4. The van der Waals surface area contributed by atoms with Gasteiger partial charge in [0, 0.05) is 10.6 Å². The standard InChI is InChI=1S/C23H14ClNO5/c24-15-8-5-13(6-9-15)22(27)25-23-20(14-7-10-18-19(11-14)29-12-28-18)21(26)16-3-1-2-4-17(16)30-23/h1-11H,12H2,(H,25,27). The smallest absolute Gasteiger partial charge is 0.257 e. The molecule has 0 atom stereocenters. The lowest BCUT2D eigenvalue weighted by molar-refractivity contribution is 0.102. The summed E-state index contributed by atoms with van der Waals surface area (Å²) in [5, 5.41) is 3.65. The van der Waals surface area contributed by atoms with Gasteiger partial charge in [0.15, 0.2) is 11.5 Å². The van der Waals surface area contributed by atoms with E-state index in [1.807, 2.05) is 0 Å². The molecular formula is C23H14ClNO5. The van der Waals surface area contributed by atoms with Gasteiger partial charge in [-0.05, 0) is 54.1 Å².